The fraction of sp³-hybridized carbons (Fsp3) is 0. The molecule has 102 valence electrons. The number of nitro benzene ring substituents is 1. The van der Waals surface area contributed by atoms with Gasteiger partial charge in [-0.25, -0.2) is 4.98 Å². The van der Waals surface area contributed by atoms with Crippen LogP contribution in [0.25, 0.3) is 0 Å². The van der Waals surface area contributed by atoms with E-state index in [2.05, 4.69) is 10.3 Å². The first-order chi connectivity index (χ1) is 9.49. The van der Waals surface area contributed by atoms with Gasteiger partial charge >= 0.3 is 0 Å². The highest BCUT2D eigenvalue weighted by Crippen LogP contribution is 2.27. The number of carbonyl (C=O) groups is 1. The Kier molecular flexibility index (Phi) is 3.90. The van der Waals surface area contributed by atoms with Crippen LogP contribution in [0.3, 0.4) is 0 Å². The number of nitro groups is 1. The molecule has 6 nitrogen and oxygen atoms in total. The maximum Gasteiger partial charge on any atom is 0.288 e. The lowest BCUT2D eigenvalue weighted by Gasteiger charge is -2.06. The van der Waals surface area contributed by atoms with Crippen molar-refractivity contribution in [1.29, 1.82) is 0 Å². The Morgan fingerprint density at radius 2 is 2.15 bits per heavy atom. The summed E-state index contributed by atoms with van der Waals surface area (Å²) in [6, 6.07) is 6.35. The second kappa shape index (κ2) is 5.62. The zero-order valence-electron chi connectivity index (χ0n) is 9.84. The van der Waals surface area contributed by atoms with Crippen LogP contribution in [0.15, 0.2) is 36.5 Å². The molecule has 2 aromatic rings. The Morgan fingerprint density at radius 3 is 2.75 bits per heavy atom. The maximum atomic E-state index is 13.3. The zero-order valence-corrected chi connectivity index (χ0v) is 10.6. The second-order valence-corrected chi connectivity index (χ2v) is 4.13. The molecule has 0 spiro atoms. The number of carbonyl (C=O) groups excluding carboxylic acids is 1. The van der Waals surface area contributed by atoms with Crippen LogP contribution in [-0.2, 0) is 0 Å². The minimum atomic E-state index is -0.905. The van der Waals surface area contributed by atoms with E-state index in [0.717, 1.165) is 6.07 Å². The van der Waals surface area contributed by atoms with Crippen LogP contribution in [0.4, 0.5) is 15.8 Å². The van der Waals surface area contributed by atoms with Crippen molar-refractivity contribution in [2.45, 2.75) is 0 Å². The highest BCUT2D eigenvalue weighted by molar-refractivity contribution is 6.33. The molecule has 1 aromatic carbocycles. The molecule has 0 radical (unpaired) electrons. The van der Waals surface area contributed by atoms with Gasteiger partial charge < -0.3 is 5.32 Å². The molecule has 1 heterocycles. The van der Waals surface area contributed by atoms with Crippen molar-refractivity contribution in [3.63, 3.8) is 0 Å². The summed E-state index contributed by atoms with van der Waals surface area (Å²) in [5.41, 5.74) is -0.298. The van der Waals surface area contributed by atoms with Gasteiger partial charge in [-0.15, -0.1) is 0 Å². The van der Waals surface area contributed by atoms with E-state index in [1.54, 1.807) is 0 Å². The fourth-order valence-corrected chi connectivity index (χ4v) is 1.74. The van der Waals surface area contributed by atoms with E-state index in [4.69, 9.17) is 11.6 Å². The number of anilines is 1. The minimum Gasteiger partial charge on any atom is -0.322 e. The lowest BCUT2D eigenvalue weighted by molar-refractivity contribution is -0.384. The first kappa shape index (κ1) is 13.9. The fourth-order valence-electron chi connectivity index (χ4n) is 1.49. The normalized spacial score (nSPS) is 10.1. The lowest BCUT2D eigenvalue weighted by Crippen LogP contribution is -2.14. The van der Waals surface area contributed by atoms with Gasteiger partial charge in [-0.05, 0) is 24.3 Å². The Balaban J connectivity index is 2.23. The Hall–Kier alpha value is -2.54. The number of hydrogen-bond donors (Lipinski definition) is 1. The molecular weight excluding hydrogens is 289 g/mol. The topological polar surface area (TPSA) is 85.1 Å². The smallest absolute Gasteiger partial charge is 0.288 e. The number of halogens is 2. The van der Waals surface area contributed by atoms with Crippen LogP contribution in [0.5, 0.6) is 0 Å². The summed E-state index contributed by atoms with van der Waals surface area (Å²) < 4.78 is 13.3. The van der Waals surface area contributed by atoms with Crippen LogP contribution >= 0.6 is 11.6 Å². The van der Waals surface area contributed by atoms with E-state index in [1.807, 2.05) is 0 Å². The number of benzene rings is 1. The molecule has 0 atom stereocenters. The highest BCUT2D eigenvalue weighted by atomic mass is 35.5. The highest BCUT2D eigenvalue weighted by Gasteiger charge is 2.15. The van der Waals surface area contributed by atoms with Gasteiger partial charge in [-0.1, -0.05) is 11.6 Å². The number of amides is 1. The summed E-state index contributed by atoms with van der Waals surface area (Å²) in [5.74, 6) is -1.63. The largest absolute Gasteiger partial charge is 0.322 e. The SMILES string of the molecule is O=C(Nc1ccc([N+](=O)[O-])c(Cl)c1)c1cccnc1F. The molecule has 8 heteroatoms. The van der Waals surface area contributed by atoms with Gasteiger partial charge in [0.15, 0.2) is 0 Å². The molecule has 1 N–H and O–H groups in total. The molecule has 1 aromatic heterocycles. The van der Waals surface area contributed by atoms with Crippen LogP contribution in [0.1, 0.15) is 10.4 Å². The van der Waals surface area contributed by atoms with E-state index in [9.17, 15) is 19.3 Å². The summed E-state index contributed by atoms with van der Waals surface area (Å²) in [6.07, 6.45) is 1.22. The summed E-state index contributed by atoms with van der Waals surface area (Å²) in [6.45, 7) is 0. The number of hydrogen-bond acceptors (Lipinski definition) is 4. The van der Waals surface area contributed by atoms with E-state index < -0.39 is 16.8 Å². The van der Waals surface area contributed by atoms with E-state index in [0.29, 0.717) is 0 Å². The summed E-state index contributed by atoms with van der Waals surface area (Å²) in [7, 11) is 0. The molecule has 1 amide bonds. The predicted octanol–water partition coefficient (Wildman–Crippen LogP) is 3.03. The van der Waals surface area contributed by atoms with Gasteiger partial charge in [-0.2, -0.15) is 4.39 Å². The monoisotopic (exact) mass is 295 g/mol. The van der Waals surface area contributed by atoms with Crippen molar-refractivity contribution in [3.8, 4) is 0 Å². The van der Waals surface area contributed by atoms with Crippen LogP contribution in [0, 0.1) is 16.1 Å². The van der Waals surface area contributed by atoms with Crippen molar-refractivity contribution in [3.05, 3.63) is 63.2 Å². The Morgan fingerprint density at radius 1 is 1.40 bits per heavy atom. The predicted molar refractivity (Wildman–Crippen MR) is 70.3 cm³/mol. The maximum absolute atomic E-state index is 13.3. The molecule has 0 unspecified atom stereocenters. The van der Waals surface area contributed by atoms with Crippen molar-refractivity contribution in [2.75, 3.05) is 5.32 Å². The number of rotatable bonds is 3. The number of pyridine rings is 1. The van der Waals surface area contributed by atoms with Gasteiger partial charge in [0.1, 0.15) is 5.02 Å². The van der Waals surface area contributed by atoms with Crippen molar-refractivity contribution < 1.29 is 14.1 Å². The molecule has 0 aliphatic carbocycles. The summed E-state index contributed by atoms with van der Waals surface area (Å²) in [5, 5.41) is 12.9. The molecule has 0 saturated carbocycles. The standard InChI is InChI=1S/C12H7ClFN3O3/c13-9-6-7(3-4-10(9)17(19)20)16-12(18)8-2-1-5-15-11(8)14/h1-6H,(H,16,18). The van der Waals surface area contributed by atoms with Gasteiger partial charge in [0.2, 0.25) is 5.95 Å². The number of nitrogens with one attached hydrogen (secondary N) is 1. The van der Waals surface area contributed by atoms with Crippen LogP contribution in [-0.4, -0.2) is 15.8 Å². The summed E-state index contributed by atoms with van der Waals surface area (Å²) >= 11 is 5.71. The van der Waals surface area contributed by atoms with E-state index in [-0.39, 0.29) is 22.0 Å². The quantitative estimate of drug-likeness (QED) is 0.536. The molecule has 0 bridgehead atoms. The van der Waals surface area contributed by atoms with Crippen LogP contribution in [0.2, 0.25) is 5.02 Å². The minimum absolute atomic E-state index is 0.126. The van der Waals surface area contributed by atoms with E-state index >= 15 is 0 Å². The third-order valence-corrected chi connectivity index (χ3v) is 2.71. The molecule has 0 saturated heterocycles. The van der Waals surface area contributed by atoms with Gasteiger partial charge in [0.25, 0.3) is 11.6 Å². The average Bonchev–Trinajstić information content (AvgIpc) is 2.38. The Bertz CT molecular complexity index is 693. The molecule has 20 heavy (non-hydrogen) atoms. The van der Waals surface area contributed by atoms with Gasteiger partial charge in [-0.3, -0.25) is 14.9 Å². The number of aromatic nitrogens is 1. The van der Waals surface area contributed by atoms with Crippen LogP contribution < -0.4 is 5.32 Å². The third-order valence-electron chi connectivity index (χ3n) is 2.41. The first-order valence-corrected chi connectivity index (χ1v) is 5.72. The third kappa shape index (κ3) is 2.89. The average molecular weight is 296 g/mol. The Labute approximate surface area is 117 Å². The molecule has 0 fully saturated rings. The number of nitrogens with zero attached hydrogens (tertiary/aromatic N) is 2. The van der Waals surface area contributed by atoms with Crippen molar-refractivity contribution >= 4 is 28.9 Å². The van der Waals surface area contributed by atoms with Crippen molar-refractivity contribution in [2.24, 2.45) is 0 Å². The molecule has 0 aliphatic heterocycles. The molecular formula is C12H7ClFN3O3. The zero-order chi connectivity index (χ0) is 14.7. The van der Waals surface area contributed by atoms with Crippen molar-refractivity contribution in [1.82, 2.24) is 4.98 Å². The van der Waals surface area contributed by atoms with Gasteiger partial charge in [0, 0.05) is 18.0 Å². The molecule has 2 rings (SSSR count). The second-order valence-electron chi connectivity index (χ2n) is 3.72. The molecule has 0 aliphatic rings. The summed E-state index contributed by atoms with van der Waals surface area (Å²) in [4.78, 5) is 25.1. The van der Waals surface area contributed by atoms with E-state index in [1.165, 1.54) is 30.5 Å². The first-order valence-electron chi connectivity index (χ1n) is 5.35. The lowest BCUT2D eigenvalue weighted by atomic mass is 10.2. The van der Waals surface area contributed by atoms with Gasteiger partial charge in [0.05, 0.1) is 10.5 Å².